The molecular formula is C75H112NO8P. The van der Waals surface area contributed by atoms with Crippen molar-refractivity contribution in [3.8, 4) is 0 Å². The molecule has 0 aromatic heterocycles. The normalized spacial score (nSPS) is 14.5. The number of hydrogen-bond acceptors (Lipinski definition) is 8. The summed E-state index contributed by atoms with van der Waals surface area (Å²) in [7, 11) is -4.43. The van der Waals surface area contributed by atoms with Gasteiger partial charge in [0, 0.05) is 19.4 Å². The van der Waals surface area contributed by atoms with Gasteiger partial charge in [0.15, 0.2) is 6.10 Å². The molecule has 0 rings (SSSR count). The first-order valence-electron chi connectivity index (χ1n) is 31.9. The zero-order valence-electron chi connectivity index (χ0n) is 52.5. The maximum absolute atomic E-state index is 12.7. The van der Waals surface area contributed by atoms with Crippen LogP contribution in [0.25, 0.3) is 0 Å². The zero-order chi connectivity index (χ0) is 61.6. The van der Waals surface area contributed by atoms with E-state index in [-0.39, 0.29) is 32.6 Å². The van der Waals surface area contributed by atoms with Gasteiger partial charge in [-0.05, 0) is 154 Å². The minimum absolute atomic E-state index is 0.0275. The largest absolute Gasteiger partial charge is 0.472 e. The summed E-state index contributed by atoms with van der Waals surface area (Å²) >= 11 is 0. The predicted octanol–water partition coefficient (Wildman–Crippen LogP) is 21.1. The van der Waals surface area contributed by atoms with Gasteiger partial charge in [0.25, 0.3) is 0 Å². The molecule has 0 amide bonds. The second-order valence-electron chi connectivity index (χ2n) is 19.8. The van der Waals surface area contributed by atoms with Crippen molar-refractivity contribution in [3.63, 3.8) is 0 Å². The van der Waals surface area contributed by atoms with Crippen LogP contribution in [0.15, 0.2) is 231 Å². The van der Waals surface area contributed by atoms with Crippen LogP contribution < -0.4 is 5.73 Å². The fraction of sp³-hybridized carbons (Fsp3) is 0.467. The van der Waals surface area contributed by atoms with E-state index in [0.29, 0.717) is 19.3 Å². The highest BCUT2D eigenvalue weighted by Crippen LogP contribution is 2.43. The number of carbonyl (C=O) groups excluding carboxylic acids is 2. The summed E-state index contributed by atoms with van der Waals surface area (Å²) in [6.45, 7) is 3.37. The van der Waals surface area contributed by atoms with E-state index >= 15 is 0 Å². The Bertz CT molecular complexity index is 2240. The lowest BCUT2D eigenvalue weighted by Gasteiger charge is -2.19. The van der Waals surface area contributed by atoms with Crippen LogP contribution in [0.5, 0.6) is 0 Å². The molecule has 85 heavy (non-hydrogen) atoms. The van der Waals surface area contributed by atoms with E-state index in [1.165, 1.54) is 0 Å². The van der Waals surface area contributed by atoms with Crippen LogP contribution in [0.3, 0.4) is 0 Å². The summed E-state index contributed by atoms with van der Waals surface area (Å²) in [5.41, 5.74) is 5.38. The standard InChI is InChI=1S/C75H112NO8P/c1-3-5-7-9-11-13-15-17-19-21-23-25-27-28-29-30-31-32-33-34-35-36-37-38-39-40-41-42-43-44-46-48-50-52-54-56-58-60-62-64-66-68-75(78)84-73(72-83-85(79,80)82-70-69-76)71-81-74(77)67-65-63-61-59-57-55-53-51-49-47-45-26-24-22-20-18-16-14-12-10-8-6-4-2/h5-8,11-14,17-20,23-26,28-29,31-32,34-35,37-38,40-41,43-44,47-50,53-56,59,61,73H,3-4,9-10,15-16,21-22,27,30,33,36,39,42,45-46,51-52,57-58,60,62-72,76H2,1-2H3,(H,79,80)/b7-5-,8-6-,13-11-,14-12-,19-17-,20-18-,25-23-,26-24-,29-28-,32-31-,35-34-,38-37-,41-40-,44-43-,49-47-,50-48-,55-53-,56-54-,61-59-. The Morgan fingerprint density at radius 1 is 0.353 bits per heavy atom. The van der Waals surface area contributed by atoms with Crippen molar-refractivity contribution in [1.29, 1.82) is 0 Å². The molecule has 0 aromatic carbocycles. The number of allylic oxidation sites excluding steroid dienone is 38. The van der Waals surface area contributed by atoms with Crippen molar-refractivity contribution in [2.24, 2.45) is 5.73 Å². The minimum Gasteiger partial charge on any atom is -0.462 e. The fourth-order valence-electron chi connectivity index (χ4n) is 7.43. The van der Waals surface area contributed by atoms with Crippen molar-refractivity contribution in [2.45, 2.75) is 200 Å². The number of ether oxygens (including phenoxy) is 2. The molecule has 0 fully saturated rings. The highest BCUT2D eigenvalue weighted by atomic mass is 31.2. The second-order valence-corrected chi connectivity index (χ2v) is 21.3. The molecule has 0 saturated heterocycles. The SMILES string of the molecule is CC/C=C\C/C=C\C/C=C\C/C=C\C/C=C\C/C=C\C/C=C\C/C=C\C/C=C\C/C=C\C/C=C\C/C=C\CCCCCCC(=O)OC(COC(=O)CCC/C=C\C/C=C\C/C=C\C/C=C\C/C=C\C/C=C\C/C=C\CC)COP(=O)(O)OCCN. The molecule has 3 N–H and O–H groups in total. The van der Waals surface area contributed by atoms with E-state index in [0.717, 1.165) is 148 Å². The highest BCUT2D eigenvalue weighted by Gasteiger charge is 2.26. The maximum atomic E-state index is 12.7. The molecule has 470 valence electrons. The lowest BCUT2D eigenvalue weighted by atomic mass is 10.1. The molecule has 0 aliphatic heterocycles. The van der Waals surface area contributed by atoms with Crippen molar-refractivity contribution < 1.29 is 37.6 Å². The van der Waals surface area contributed by atoms with Crippen molar-refractivity contribution in [3.05, 3.63) is 231 Å². The van der Waals surface area contributed by atoms with E-state index in [4.69, 9.17) is 24.3 Å². The van der Waals surface area contributed by atoms with Crippen molar-refractivity contribution in [1.82, 2.24) is 0 Å². The van der Waals surface area contributed by atoms with Crippen LogP contribution in [-0.2, 0) is 32.7 Å². The Morgan fingerprint density at radius 2 is 0.624 bits per heavy atom. The molecular weight excluding hydrogens is 1070 g/mol. The van der Waals surface area contributed by atoms with Gasteiger partial charge in [-0.2, -0.15) is 0 Å². The fourth-order valence-corrected chi connectivity index (χ4v) is 8.19. The van der Waals surface area contributed by atoms with Gasteiger partial charge < -0.3 is 20.1 Å². The molecule has 0 aliphatic carbocycles. The summed E-state index contributed by atoms with van der Waals surface area (Å²) in [5, 5.41) is 0. The van der Waals surface area contributed by atoms with Gasteiger partial charge in [0.2, 0.25) is 0 Å². The molecule has 0 aliphatic rings. The Morgan fingerprint density at radius 3 is 0.929 bits per heavy atom. The third kappa shape index (κ3) is 67.1. The van der Waals surface area contributed by atoms with Crippen LogP contribution >= 0.6 is 7.82 Å². The maximum Gasteiger partial charge on any atom is 0.472 e. The van der Waals surface area contributed by atoms with Crippen LogP contribution in [-0.4, -0.2) is 49.3 Å². The van der Waals surface area contributed by atoms with Gasteiger partial charge in [-0.1, -0.05) is 258 Å². The van der Waals surface area contributed by atoms with Crippen LogP contribution in [0.1, 0.15) is 194 Å². The van der Waals surface area contributed by atoms with E-state index in [1.54, 1.807) is 0 Å². The van der Waals surface area contributed by atoms with E-state index < -0.39 is 32.5 Å². The number of rotatable bonds is 56. The summed E-state index contributed by atoms with van der Waals surface area (Å²) in [5.74, 6) is -0.950. The van der Waals surface area contributed by atoms with Gasteiger partial charge in [0.05, 0.1) is 13.2 Å². The molecule has 2 unspecified atom stereocenters. The first-order chi connectivity index (χ1) is 41.8. The third-order valence-electron chi connectivity index (χ3n) is 12.0. The summed E-state index contributed by atoms with van der Waals surface area (Å²) in [4.78, 5) is 35.2. The molecule has 0 aromatic rings. The second kappa shape index (κ2) is 67.2. The monoisotopic (exact) mass is 1190 g/mol. The number of phosphoric acid groups is 1. The summed E-state index contributed by atoms with van der Waals surface area (Å²) < 4.78 is 33.0. The number of hydrogen-bond donors (Lipinski definition) is 2. The van der Waals surface area contributed by atoms with Gasteiger partial charge in [-0.3, -0.25) is 18.6 Å². The number of nitrogens with two attached hydrogens (primary N) is 1. The van der Waals surface area contributed by atoms with E-state index in [1.807, 2.05) is 6.08 Å². The molecule has 0 spiro atoms. The molecule has 0 heterocycles. The Kier molecular flexibility index (Phi) is 62.5. The molecule has 10 heteroatoms. The van der Waals surface area contributed by atoms with Crippen LogP contribution in [0, 0.1) is 0 Å². The topological polar surface area (TPSA) is 134 Å². The number of unbranched alkanes of at least 4 members (excludes halogenated alkanes) is 5. The Hall–Kier alpha value is -5.93. The molecule has 2 atom stereocenters. The first-order valence-corrected chi connectivity index (χ1v) is 33.4. The zero-order valence-corrected chi connectivity index (χ0v) is 53.4. The summed E-state index contributed by atoms with van der Waals surface area (Å²) in [6.07, 6.45) is 107. The first kappa shape index (κ1) is 79.1. The van der Waals surface area contributed by atoms with Crippen LogP contribution in [0.2, 0.25) is 0 Å². The van der Waals surface area contributed by atoms with Crippen LogP contribution in [0.4, 0.5) is 0 Å². The van der Waals surface area contributed by atoms with Gasteiger partial charge in [-0.15, -0.1) is 0 Å². The Labute approximate surface area is 517 Å². The third-order valence-corrected chi connectivity index (χ3v) is 13.0. The Balaban J connectivity index is 4.16. The van der Waals surface area contributed by atoms with Crippen molar-refractivity contribution in [2.75, 3.05) is 26.4 Å². The molecule has 0 radical (unpaired) electrons. The lowest BCUT2D eigenvalue weighted by Crippen LogP contribution is -2.29. The predicted molar refractivity (Wildman–Crippen MR) is 366 cm³/mol. The number of phosphoric ester groups is 1. The quantitative estimate of drug-likeness (QED) is 0.0264. The minimum atomic E-state index is -4.43. The highest BCUT2D eigenvalue weighted by molar-refractivity contribution is 7.47. The van der Waals surface area contributed by atoms with E-state index in [9.17, 15) is 19.0 Å². The van der Waals surface area contributed by atoms with Gasteiger partial charge in [-0.25, -0.2) is 4.57 Å². The number of esters is 2. The molecule has 0 bridgehead atoms. The average Bonchev–Trinajstić information content (AvgIpc) is 3.52. The van der Waals surface area contributed by atoms with Crippen molar-refractivity contribution >= 4 is 19.8 Å². The molecule has 0 saturated carbocycles. The van der Waals surface area contributed by atoms with Gasteiger partial charge >= 0.3 is 19.8 Å². The average molecular weight is 1190 g/mol. The van der Waals surface area contributed by atoms with E-state index in [2.05, 4.69) is 239 Å². The van der Waals surface area contributed by atoms with Gasteiger partial charge in [0.1, 0.15) is 6.61 Å². The lowest BCUT2D eigenvalue weighted by molar-refractivity contribution is -0.161. The smallest absolute Gasteiger partial charge is 0.462 e. The molecule has 9 nitrogen and oxygen atoms in total. The summed E-state index contributed by atoms with van der Waals surface area (Å²) in [6, 6.07) is 0. The number of carbonyl (C=O) groups is 2.